The molecule has 2 heterocycles. The van der Waals surface area contributed by atoms with Gasteiger partial charge >= 0.3 is 5.63 Å². The first-order valence-electron chi connectivity index (χ1n) is 9.13. The Hall–Kier alpha value is -2.59. The van der Waals surface area contributed by atoms with Gasteiger partial charge in [0, 0.05) is 30.0 Å². The fourth-order valence-corrected chi connectivity index (χ4v) is 3.79. The molecule has 0 bridgehead atoms. The van der Waals surface area contributed by atoms with Gasteiger partial charge in [0.05, 0.1) is 0 Å². The van der Waals surface area contributed by atoms with E-state index in [1.165, 1.54) is 18.1 Å². The van der Waals surface area contributed by atoms with Gasteiger partial charge in [-0.15, -0.1) is 0 Å². The summed E-state index contributed by atoms with van der Waals surface area (Å²) in [7, 11) is 2.17. The van der Waals surface area contributed by atoms with Gasteiger partial charge in [-0.1, -0.05) is 30.3 Å². The van der Waals surface area contributed by atoms with Crippen LogP contribution in [0, 0.1) is 5.92 Å². The van der Waals surface area contributed by atoms with Crippen LogP contribution in [0.4, 0.5) is 0 Å². The van der Waals surface area contributed by atoms with E-state index in [-0.39, 0.29) is 11.7 Å². The number of piperidine rings is 1. The van der Waals surface area contributed by atoms with Crippen molar-refractivity contribution in [3.63, 3.8) is 0 Å². The third-order valence-corrected chi connectivity index (χ3v) is 5.07. The van der Waals surface area contributed by atoms with Crippen molar-refractivity contribution < 1.29 is 9.15 Å². The fraction of sp³-hybridized carbons (Fsp3) is 0.318. The Labute approximate surface area is 153 Å². The van der Waals surface area contributed by atoms with Crippen LogP contribution in [0.5, 0.6) is 5.75 Å². The minimum Gasteiger partial charge on any atom is -0.485 e. The van der Waals surface area contributed by atoms with E-state index in [1.54, 1.807) is 6.07 Å². The lowest BCUT2D eigenvalue weighted by molar-refractivity contribution is 0.0777. The zero-order chi connectivity index (χ0) is 17.9. The fourth-order valence-electron chi connectivity index (χ4n) is 3.79. The van der Waals surface area contributed by atoms with Crippen molar-refractivity contribution in [3.8, 4) is 5.75 Å². The molecule has 134 valence electrons. The van der Waals surface area contributed by atoms with Gasteiger partial charge in [0.1, 0.15) is 17.4 Å². The molecule has 1 aliphatic rings. The van der Waals surface area contributed by atoms with Gasteiger partial charge in [0.25, 0.3) is 0 Å². The number of benzene rings is 2. The Morgan fingerprint density at radius 1 is 1.12 bits per heavy atom. The molecule has 1 aromatic heterocycles. The van der Waals surface area contributed by atoms with Gasteiger partial charge in [-0.05, 0) is 50.2 Å². The molecular weight excluding hydrogens is 326 g/mol. The van der Waals surface area contributed by atoms with E-state index >= 15 is 0 Å². The molecule has 0 saturated carbocycles. The Kier molecular flexibility index (Phi) is 4.76. The molecule has 2 aromatic carbocycles. The number of ether oxygens (including phenoxy) is 1. The minimum atomic E-state index is -0.344. The summed E-state index contributed by atoms with van der Waals surface area (Å²) in [6.07, 6.45) is 2.30. The van der Waals surface area contributed by atoms with E-state index in [9.17, 15) is 4.79 Å². The van der Waals surface area contributed by atoms with Gasteiger partial charge in [-0.25, -0.2) is 4.79 Å². The first-order chi connectivity index (χ1) is 12.7. The standard InChI is InChI=1S/C22H23NO3/c1-23-13-5-8-18(15-23)22(17-6-3-2-4-7-17)25-19-11-9-16-10-12-21(24)26-20(16)14-19/h2-4,6-7,9-12,14,18,22H,5,8,13,15H2,1H3. The molecule has 4 nitrogen and oxygen atoms in total. The molecular formula is C22H23NO3. The van der Waals surface area contributed by atoms with Crippen LogP contribution >= 0.6 is 0 Å². The molecule has 0 amide bonds. The molecule has 0 aliphatic carbocycles. The third kappa shape index (κ3) is 3.65. The van der Waals surface area contributed by atoms with E-state index in [4.69, 9.17) is 9.15 Å². The maximum Gasteiger partial charge on any atom is 0.336 e. The predicted octanol–water partition coefficient (Wildman–Crippen LogP) is 4.25. The molecule has 1 fully saturated rings. The van der Waals surface area contributed by atoms with Crippen molar-refractivity contribution >= 4 is 11.0 Å². The molecule has 3 aromatic rings. The third-order valence-electron chi connectivity index (χ3n) is 5.07. The zero-order valence-electron chi connectivity index (χ0n) is 14.9. The van der Waals surface area contributed by atoms with E-state index in [2.05, 4.69) is 36.2 Å². The number of hydrogen-bond donors (Lipinski definition) is 0. The number of likely N-dealkylation sites (tertiary alicyclic amines) is 1. The average molecular weight is 349 g/mol. The summed E-state index contributed by atoms with van der Waals surface area (Å²) in [4.78, 5) is 13.9. The van der Waals surface area contributed by atoms with Crippen molar-refractivity contribution in [2.45, 2.75) is 18.9 Å². The van der Waals surface area contributed by atoms with Crippen molar-refractivity contribution in [2.24, 2.45) is 5.92 Å². The van der Waals surface area contributed by atoms with Crippen LogP contribution in [0.25, 0.3) is 11.0 Å². The van der Waals surface area contributed by atoms with E-state index in [1.807, 2.05) is 24.3 Å². The zero-order valence-corrected chi connectivity index (χ0v) is 14.9. The van der Waals surface area contributed by atoms with Crippen LogP contribution < -0.4 is 10.4 Å². The highest BCUT2D eigenvalue weighted by Crippen LogP contribution is 2.34. The van der Waals surface area contributed by atoms with Gasteiger partial charge in [-0.3, -0.25) is 0 Å². The van der Waals surface area contributed by atoms with Crippen molar-refractivity contribution in [1.82, 2.24) is 4.90 Å². The lowest BCUT2D eigenvalue weighted by atomic mass is 9.88. The lowest BCUT2D eigenvalue weighted by Crippen LogP contribution is -2.36. The molecule has 0 spiro atoms. The molecule has 2 unspecified atom stereocenters. The highest BCUT2D eigenvalue weighted by Gasteiger charge is 2.28. The van der Waals surface area contributed by atoms with Crippen LogP contribution in [0.3, 0.4) is 0 Å². The summed E-state index contributed by atoms with van der Waals surface area (Å²) < 4.78 is 11.8. The predicted molar refractivity (Wildman–Crippen MR) is 103 cm³/mol. The second-order valence-electron chi connectivity index (χ2n) is 7.07. The molecule has 1 aliphatic heterocycles. The number of nitrogens with zero attached hydrogens (tertiary/aromatic N) is 1. The summed E-state index contributed by atoms with van der Waals surface area (Å²) in [5.74, 6) is 1.16. The summed E-state index contributed by atoms with van der Waals surface area (Å²) in [6, 6.07) is 19.3. The van der Waals surface area contributed by atoms with Crippen LogP contribution in [-0.4, -0.2) is 25.0 Å². The Morgan fingerprint density at radius 2 is 1.92 bits per heavy atom. The van der Waals surface area contributed by atoms with E-state index in [0.717, 1.165) is 30.6 Å². The van der Waals surface area contributed by atoms with E-state index in [0.29, 0.717) is 11.5 Å². The van der Waals surface area contributed by atoms with Crippen molar-refractivity contribution in [3.05, 3.63) is 76.6 Å². The topological polar surface area (TPSA) is 42.7 Å². The van der Waals surface area contributed by atoms with Gasteiger partial charge in [-0.2, -0.15) is 0 Å². The normalized spacial score (nSPS) is 19.3. The van der Waals surface area contributed by atoms with Gasteiger partial charge in [0.15, 0.2) is 0 Å². The first-order valence-corrected chi connectivity index (χ1v) is 9.13. The quantitative estimate of drug-likeness (QED) is 0.660. The van der Waals surface area contributed by atoms with Crippen LogP contribution in [0.2, 0.25) is 0 Å². The van der Waals surface area contributed by atoms with Gasteiger partial charge < -0.3 is 14.1 Å². The largest absolute Gasteiger partial charge is 0.485 e. The number of hydrogen-bond acceptors (Lipinski definition) is 4. The maximum absolute atomic E-state index is 11.5. The second-order valence-corrected chi connectivity index (χ2v) is 7.07. The number of rotatable bonds is 4. The summed E-state index contributed by atoms with van der Waals surface area (Å²) in [5, 5.41) is 0.894. The van der Waals surface area contributed by atoms with Crippen LogP contribution in [0.1, 0.15) is 24.5 Å². The molecule has 1 saturated heterocycles. The summed E-state index contributed by atoms with van der Waals surface area (Å²) >= 11 is 0. The first kappa shape index (κ1) is 16.9. The number of fused-ring (bicyclic) bond motifs is 1. The Balaban J connectivity index is 1.67. The van der Waals surface area contributed by atoms with Crippen molar-refractivity contribution in [2.75, 3.05) is 20.1 Å². The highest BCUT2D eigenvalue weighted by molar-refractivity contribution is 5.77. The Bertz CT molecular complexity index is 935. The van der Waals surface area contributed by atoms with Crippen LogP contribution in [-0.2, 0) is 0 Å². The monoisotopic (exact) mass is 349 g/mol. The molecule has 0 radical (unpaired) electrons. The smallest absolute Gasteiger partial charge is 0.336 e. The molecule has 0 N–H and O–H groups in total. The lowest BCUT2D eigenvalue weighted by Gasteiger charge is -2.35. The average Bonchev–Trinajstić information content (AvgIpc) is 2.66. The second kappa shape index (κ2) is 7.34. The van der Waals surface area contributed by atoms with E-state index < -0.39 is 0 Å². The van der Waals surface area contributed by atoms with Crippen LogP contribution in [0.15, 0.2) is 69.9 Å². The summed E-state index contributed by atoms with van der Waals surface area (Å²) in [5.41, 5.74) is 1.40. The minimum absolute atomic E-state index is 0.0214. The SMILES string of the molecule is CN1CCCC(C(Oc2ccc3ccc(=O)oc3c2)c2ccccc2)C1. The summed E-state index contributed by atoms with van der Waals surface area (Å²) in [6.45, 7) is 2.15. The van der Waals surface area contributed by atoms with Gasteiger partial charge in [0.2, 0.25) is 0 Å². The molecule has 2 atom stereocenters. The molecule has 26 heavy (non-hydrogen) atoms. The Morgan fingerprint density at radius 3 is 2.73 bits per heavy atom. The molecule has 4 rings (SSSR count). The highest BCUT2D eigenvalue weighted by atomic mass is 16.5. The maximum atomic E-state index is 11.5. The van der Waals surface area contributed by atoms with Crippen molar-refractivity contribution in [1.29, 1.82) is 0 Å². The molecule has 4 heteroatoms.